The highest BCUT2D eigenvalue weighted by Gasteiger charge is 2.40. The zero-order valence-electron chi connectivity index (χ0n) is 14.5. The fourth-order valence-corrected chi connectivity index (χ4v) is 3.05. The lowest BCUT2D eigenvalue weighted by Crippen LogP contribution is -2.32. The first-order valence-electron chi connectivity index (χ1n) is 7.89. The van der Waals surface area contributed by atoms with Gasteiger partial charge in [0.1, 0.15) is 11.4 Å². The molecule has 0 aliphatic rings. The standard InChI is InChI=1S/C18H14F3N3O4S/c19-18(20,21)15(25)10-14(22-26)17(24-28)16(23-27)11-6-8-13(9-7-11)29-12-4-2-1-3-5-12/h1-9,26-28H,10H2. The first kappa shape index (κ1) is 22.0. The Labute approximate surface area is 166 Å². The van der Waals surface area contributed by atoms with Crippen molar-refractivity contribution >= 4 is 34.7 Å². The summed E-state index contributed by atoms with van der Waals surface area (Å²) in [5.74, 6) is -2.22. The highest BCUT2D eigenvalue weighted by atomic mass is 32.2. The predicted octanol–water partition coefficient (Wildman–Crippen LogP) is 4.20. The molecule has 0 bridgehead atoms. The first-order valence-corrected chi connectivity index (χ1v) is 8.71. The SMILES string of the molecule is O=C(CC(=NO)C(=NO)C(=NO)c1ccc(Sc2ccccc2)cc1)C(F)(F)F. The van der Waals surface area contributed by atoms with Crippen LogP contribution in [0.25, 0.3) is 0 Å². The van der Waals surface area contributed by atoms with Crippen LogP contribution >= 0.6 is 11.8 Å². The van der Waals surface area contributed by atoms with E-state index in [1.54, 1.807) is 12.1 Å². The Morgan fingerprint density at radius 1 is 0.862 bits per heavy atom. The number of hydrogen-bond donors (Lipinski definition) is 3. The number of nitrogens with zero attached hydrogens (tertiary/aromatic N) is 3. The number of halogens is 3. The minimum absolute atomic E-state index is 0.151. The van der Waals surface area contributed by atoms with Crippen molar-refractivity contribution in [3.8, 4) is 0 Å². The van der Waals surface area contributed by atoms with Gasteiger partial charge in [-0.05, 0) is 24.3 Å². The largest absolute Gasteiger partial charge is 0.450 e. The molecular weight excluding hydrogens is 411 g/mol. The second-order valence-corrected chi connectivity index (χ2v) is 6.63. The van der Waals surface area contributed by atoms with E-state index in [-0.39, 0.29) is 5.56 Å². The number of oxime groups is 3. The lowest BCUT2D eigenvalue weighted by atomic mass is 9.99. The molecule has 7 nitrogen and oxygen atoms in total. The number of carbonyl (C=O) groups excluding carboxylic acids is 1. The van der Waals surface area contributed by atoms with Crippen LogP contribution in [-0.4, -0.2) is 44.7 Å². The Morgan fingerprint density at radius 3 is 1.93 bits per heavy atom. The number of alkyl halides is 3. The van der Waals surface area contributed by atoms with Gasteiger partial charge in [-0.3, -0.25) is 4.79 Å². The third-order valence-corrected chi connectivity index (χ3v) is 4.58. The molecule has 0 saturated heterocycles. The van der Waals surface area contributed by atoms with Crippen molar-refractivity contribution in [1.82, 2.24) is 0 Å². The molecule has 2 aromatic carbocycles. The Balaban J connectivity index is 2.25. The second kappa shape index (κ2) is 9.73. The van der Waals surface area contributed by atoms with Gasteiger partial charge in [-0.1, -0.05) is 57.6 Å². The van der Waals surface area contributed by atoms with Crippen molar-refractivity contribution in [3.05, 3.63) is 60.2 Å². The van der Waals surface area contributed by atoms with Gasteiger partial charge >= 0.3 is 6.18 Å². The van der Waals surface area contributed by atoms with E-state index in [1.807, 2.05) is 30.3 Å². The molecule has 0 radical (unpaired) electrons. The van der Waals surface area contributed by atoms with Crippen LogP contribution < -0.4 is 0 Å². The summed E-state index contributed by atoms with van der Waals surface area (Å²) in [4.78, 5) is 12.9. The van der Waals surface area contributed by atoms with E-state index in [0.29, 0.717) is 0 Å². The van der Waals surface area contributed by atoms with Gasteiger partial charge < -0.3 is 15.6 Å². The van der Waals surface area contributed by atoms with Crippen LogP contribution in [-0.2, 0) is 4.79 Å². The predicted molar refractivity (Wildman–Crippen MR) is 99.5 cm³/mol. The van der Waals surface area contributed by atoms with Gasteiger partial charge in [-0.25, -0.2) is 0 Å². The maximum absolute atomic E-state index is 12.5. The molecule has 0 atom stereocenters. The van der Waals surface area contributed by atoms with Crippen LogP contribution in [0.1, 0.15) is 12.0 Å². The lowest BCUT2D eigenvalue weighted by molar-refractivity contribution is -0.169. The zero-order valence-corrected chi connectivity index (χ0v) is 15.4. The number of Topliss-reactive ketones (excluding diaryl/α,β-unsaturated/α-hetero) is 1. The fourth-order valence-electron chi connectivity index (χ4n) is 2.21. The molecular formula is C18H14F3N3O4S. The van der Waals surface area contributed by atoms with Crippen molar-refractivity contribution in [2.75, 3.05) is 0 Å². The molecule has 0 heterocycles. The molecule has 29 heavy (non-hydrogen) atoms. The summed E-state index contributed by atoms with van der Waals surface area (Å²) in [6, 6.07) is 15.6. The fraction of sp³-hybridized carbons (Fsp3) is 0.111. The highest BCUT2D eigenvalue weighted by molar-refractivity contribution is 7.99. The smallest absolute Gasteiger partial charge is 0.411 e. The molecule has 11 heteroatoms. The van der Waals surface area contributed by atoms with E-state index >= 15 is 0 Å². The van der Waals surface area contributed by atoms with E-state index in [2.05, 4.69) is 15.5 Å². The molecule has 0 aliphatic heterocycles. The normalized spacial score (nSPS) is 13.4. The van der Waals surface area contributed by atoms with Crippen LogP contribution in [0.4, 0.5) is 13.2 Å². The molecule has 0 aliphatic carbocycles. The van der Waals surface area contributed by atoms with E-state index in [1.165, 1.54) is 23.9 Å². The number of ketones is 1. The Hall–Kier alpha value is -3.34. The number of rotatable bonds is 7. The number of benzene rings is 2. The summed E-state index contributed by atoms with van der Waals surface area (Å²) >= 11 is 1.44. The van der Waals surface area contributed by atoms with Gasteiger partial charge in [0.15, 0.2) is 5.71 Å². The van der Waals surface area contributed by atoms with E-state index in [9.17, 15) is 23.2 Å². The number of hydrogen-bond acceptors (Lipinski definition) is 8. The summed E-state index contributed by atoms with van der Waals surface area (Å²) < 4.78 is 37.4. The molecule has 2 aromatic rings. The molecule has 0 spiro atoms. The first-order chi connectivity index (χ1) is 13.8. The highest BCUT2D eigenvalue weighted by Crippen LogP contribution is 2.27. The maximum atomic E-state index is 12.5. The minimum Gasteiger partial charge on any atom is -0.411 e. The zero-order chi connectivity index (χ0) is 21.4. The van der Waals surface area contributed by atoms with E-state index < -0.39 is 35.5 Å². The lowest BCUT2D eigenvalue weighted by Gasteiger charge is -2.10. The molecule has 0 aromatic heterocycles. The summed E-state index contributed by atoms with van der Waals surface area (Å²) in [6.07, 6.45) is -6.58. The van der Waals surface area contributed by atoms with Crippen molar-refractivity contribution in [1.29, 1.82) is 0 Å². The molecule has 152 valence electrons. The topological polar surface area (TPSA) is 115 Å². The quantitative estimate of drug-likeness (QED) is 0.349. The minimum atomic E-state index is -5.18. The van der Waals surface area contributed by atoms with Crippen molar-refractivity contribution < 1.29 is 33.6 Å². The van der Waals surface area contributed by atoms with Gasteiger partial charge in [0.25, 0.3) is 0 Å². The molecule has 2 rings (SSSR count). The molecule has 3 N–H and O–H groups in total. The Morgan fingerprint density at radius 2 is 1.45 bits per heavy atom. The van der Waals surface area contributed by atoms with Gasteiger partial charge in [0.05, 0.1) is 6.42 Å². The van der Waals surface area contributed by atoms with Gasteiger partial charge in [-0.15, -0.1) is 0 Å². The van der Waals surface area contributed by atoms with E-state index in [4.69, 9.17) is 10.4 Å². The van der Waals surface area contributed by atoms with Gasteiger partial charge in [-0.2, -0.15) is 13.2 Å². The van der Waals surface area contributed by atoms with Crippen LogP contribution in [0.5, 0.6) is 0 Å². The van der Waals surface area contributed by atoms with Crippen LogP contribution in [0.2, 0.25) is 0 Å². The molecule has 0 amide bonds. The third-order valence-electron chi connectivity index (χ3n) is 3.57. The summed E-state index contributed by atoms with van der Waals surface area (Å²) in [5, 5.41) is 35.7. The monoisotopic (exact) mass is 425 g/mol. The summed E-state index contributed by atoms with van der Waals surface area (Å²) in [7, 11) is 0. The molecule has 0 saturated carbocycles. The second-order valence-electron chi connectivity index (χ2n) is 5.48. The van der Waals surface area contributed by atoms with Crippen LogP contribution in [0, 0.1) is 0 Å². The van der Waals surface area contributed by atoms with Crippen molar-refractivity contribution in [3.63, 3.8) is 0 Å². The molecule has 0 unspecified atom stereocenters. The van der Waals surface area contributed by atoms with Crippen molar-refractivity contribution in [2.45, 2.75) is 22.4 Å². The average molecular weight is 425 g/mol. The maximum Gasteiger partial charge on any atom is 0.450 e. The number of carbonyl (C=O) groups is 1. The molecule has 0 fully saturated rings. The van der Waals surface area contributed by atoms with Gasteiger partial charge in [0.2, 0.25) is 5.78 Å². The third kappa shape index (κ3) is 5.82. The summed E-state index contributed by atoms with van der Waals surface area (Å²) in [6.45, 7) is 0. The van der Waals surface area contributed by atoms with Crippen molar-refractivity contribution in [2.24, 2.45) is 15.5 Å². The Bertz CT molecular complexity index is 943. The van der Waals surface area contributed by atoms with Gasteiger partial charge in [0, 0.05) is 15.4 Å². The summed E-state index contributed by atoms with van der Waals surface area (Å²) in [5.41, 5.74) is -2.02. The average Bonchev–Trinajstić information content (AvgIpc) is 2.71. The van der Waals surface area contributed by atoms with Crippen LogP contribution in [0.3, 0.4) is 0 Å². The Kier molecular flexibility index (Phi) is 7.37. The van der Waals surface area contributed by atoms with E-state index in [0.717, 1.165) is 9.79 Å². The van der Waals surface area contributed by atoms with Crippen LogP contribution in [0.15, 0.2) is 79.9 Å².